The monoisotopic (exact) mass is 365 g/mol. The van der Waals surface area contributed by atoms with E-state index in [9.17, 15) is 14.4 Å². The molecule has 7 heteroatoms. The Kier molecular flexibility index (Phi) is 5.30. The molecule has 0 fully saturated rings. The van der Waals surface area contributed by atoms with Gasteiger partial charge in [-0.3, -0.25) is 9.59 Å². The first-order valence-corrected chi connectivity index (χ1v) is 8.58. The molecule has 0 bridgehead atoms. The normalized spacial score (nSPS) is 11.8. The Labute approximate surface area is 155 Å². The van der Waals surface area contributed by atoms with Gasteiger partial charge in [-0.15, -0.1) is 0 Å². The molecule has 1 N–H and O–H groups in total. The zero-order chi connectivity index (χ0) is 19.4. The van der Waals surface area contributed by atoms with Gasteiger partial charge in [-0.2, -0.15) is 5.10 Å². The lowest BCUT2D eigenvalue weighted by molar-refractivity contribution is -0.123. The van der Waals surface area contributed by atoms with E-state index >= 15 is 0 Å². The second-order valence-electron chi connectivity index (χ2n) is 5.92. The van der Waals surface area contributed by atoms with Crippen molar-refractivity contribution in [2.45, 2.75) is 26.5 Å². The van der Waals surface area contributed by atoms with Crippen LogP contribution in [0.2, 0.25) is 0 Å². The quantitative estimate of drug-likeness (QED) is 0.702. The first kappa shape index (κ1) is 18.3. The molecule has 138 valence electrons. The highest BCUT2D eigenvalue weighted by molar-refractivity contribution is 6.03. The topological polar surface area (TPSA) is 90.3 Å². The van der Waals surface area contributed by atoms with E-state index < -0.39 is 18.0 Å². The molecule has 0 aliphatic rings. The third-order valence-corrected chi connectivity index (χ3v) is 4.05. The van der Waals surface area contributed by atoms with E-state index in [2.05, 4.69) is 10.4 Å². The lowest BCUT2D eigenvalue weighted by Gasteiger charge is -2.14. The Hall–Kier alpha value is -3.48. The molecule has 0 saturated carbocycles. The van der Waals surface area contributed by atoms with Crippen molar-refractivity contribution in [3.8, 4) is 0 Å². The van der Waals surface area contributed by atoms with Gasteiger partial charge < -0.3 is 10.1 Å². The van der Waals surface area contributed by atoms with Gasteiger partial charge in [0, 0.05) is 17.6 Å². The molecule has 0 spiro atoms. The number of rotatable bonds is 5. The number of hydrogen-bond acceptors (Lipinski definition) is 5. The predicted molar refractivity (Wildman–Crippen MR) is 102 cm³/mol. The summed E-state index contributed by atoms with van der Waals surface area (Å²) < 4.78 is 6.49. The Bertz CT molecular complexity index is 1040. The fourth-order valence-corrected chi connectivity index (χ4v) is 2.64. The van der Waals surface area contributed by atoms with Crippen LogP contribution in [-0.2, 0) is 16.1 Å². The summed E-state index contributed by atoms with van der Waals surface area (Å²) in [6.45, 7) is 3.55. The number of aryl methyl sites for hydroxylation is 1. The smallest absolute Gasteiger partial charge is 0.360 e. The van der Waals surface area contributed by atoms with Crippen LogP contribution in [0.3, 0.4) is 0 Å². The lowest BCUT2D eigenvalue weighted by atomic mass is 10.1. The number of hydrogen-bond donors (Lipinski definition) is 1. The second kappa shape index (κ2) is 7.82. The molecule has 3 aromatic rings. The number of aromatic nitrogens is 2. The molecular weight excluding hydrogens is 346 g/mol. The summed E-state index contributed by atoms with van der Waals surface area (Å²) in [5, 5.41) is 7.56. The van der Waals surface area contributed by atoms with Crippen molar-refractivity contribution < 1.29 is 14.3 Å². The van der Waals surface area contributed by atoms with Crippen LogP contribution in [0.5, 0.6) is 0 Å². The molecular formula is C20H19N3O4. The number of benzene rings is 2. The number of fused-ring (bicyclic) bond motifs is 1. The molecule has 27 heavy (non-hydrogen) atoms. The minimum Gasteiger partial charge on any atom is -0.448 e. The van der Waals surface area contributed by atoms with E-state index in [-0.39, 0.29) is 11.3 Å². The van der Waals surface area contributed by atoms with Gasteiger partial charge in [0.25, 0.3) is 11.5 Å². The van der Waals surface area contributed by atoms with Crippen molar-refractivity contribution in [2.75, 3.05) is 5.32 Å². The maximum Gasteiger partial charge on any atom is 0.360 e. The standard InChI is InChI=1S/C20H19N3O4/c1-3-23-19(25)16-12-8-7-11-15(16)17(22-23)20(26)27-13(2)18(24)21-14-9-5-4-6-10-14/h4-13H,3H2,1-2H3,(H,21,24)/t13-/m0/s1. The van der Waals surface area contributed by atoms with Crippen LogP contribution in [0, 0.1) is 0 Å². The molecule has 1 atom stereocenters. The third kappa shape index (κ3) is 3.87. The Balaban J connectivity index is 1.84. The number of nitrogens with zero attached hydrogens (tertiary/aromatic N) is 2. The maximum absolute atomic E-state index is 12.6. The van der Waals surface area contributed by atoms with Crippen LogP contribution < -0.4 is 10.9 Å². The number of carbonyl (C=O) groups excluding carboxylic acids is 2. The summed E-state index contributed by atoms with van der Waals surface area (Å²) in [6.07, 6.45) is -1.03. The highest BCUT2D eigenvalue weighted by atomic mass is 16.5. The van der Waals surface area contributed by atoms with Crippen LogP contribution in [0.4, 0.5) is 5.69 Å². The van der Waals surface area contributed by atoms with Gasteiger partial charge >= 0.3 is 5.97 Å². The predicted octanol–water partition coefficient (Wildman–Crippen LogP) is 2.60. The minimum atomic E-state index is -1.03. The molecule has 0 saturated heterocycles. The Morgan fingerprint density at radius 1 is 1.07 bits per heavy atom. The number of ether oxygens (including phenoxy) is 1. The highest BCUT2D eigenvalue weighted by Crippen LogP contribution is 2.15. The van der Waals surface area contributed by atoms with Gasteiger partial charge in [0.05, 0.1) is 5.39 Å². The average Bonchev–Trinajstić information content (AvgIpc) is 2.69. The van der Waals surface area contributed by atoms with Crippen molar-refractivity contribution >= 4 is 28.3 Å². The molecule has 1 amide bonds. The highest BCUT2D eigenvalue weighted by Gasteiger charge is 2.23. The van der Waals surface area contributed by atoms with E-state index in [1.54, 1.807) is 55.5 Å². The van der Waals surface area contributed by atoms with Crippen LogP contribution in [0.25, 0.3) is 10.8 Å². The van der Waals surface area contributed by atoms with Crippen LogP contribution in [0.15, 0.2) is 59.4 Å². The van der Waals surface area contributed by atoms with Crippen molar-refractivity contribution in [1.82, 2.24) is 9.78 Å². The first-order valence-electron chi connectivity index (χ1n) is 8.58. The van der Waals surface area contributed by atoms with Crippen LogP contribution in [0.1, 0.15) is 24.3 Å². The number of carbonyl (C=O) groups is 2. The summed E-state index contributed by atoms with van der Waals surface area (Å²) in [5.74, 6) is -1.22. The molecule has 7 nitrogen and oxygen atoms in total. The number of anilines is 1. The molecule has 0 aliphatic heterocycles. The molecule has 1 aromatic heterocycles. The van der Waals surface area contributed by atoms with E-state index in [1.165, 1.54) is 11.6 Å². The second-order valence-corrected chi connectivity index (χ2v) is 5.92. The average molecular weight is 365 g/mol. The SMILES string of the molecule is CCn1nc(C(=O)O[C@@H](C)C(=O)Nc2ccccc2)c2ccccc2c1=O. The number of para-hydroxylation sites is 1. The van der Waals surface area contributed by atoms with Crippen molar-refractivity contribution in [1.29, 1.82) is 0 Å². The molecule has 0 radical (unpaired) electrons. The third-order valence-electron chi connectivity index (χ3n) is 4.05. The largest absolute Gasteiger partial charge is 0.448 e. The van der Waals surface area contributed by atoms with Gasteiger partial charge in [0.15, 0.2) is 11.8 Å². The van der Waals surface area contributed by atoms with Gasteiger partial charge in [-0.25, -0.2) is 9.48 Å². The summed E-state index contributed by atoms with van der Waals surface area (Å²) in [7, 11) is 0. The zero-order valence-electron chi connectivity index (χ0n) is 15.0. The Morgan fingerprint density at radius 2 is 1.70 bits per heavy atom. The summed E-state index contributed by atoms with van der Waals surface area (Å²) in [4.78, 5) is 37.2. The van der Waals surface area contributed by atoms with Gasteiger partial charge in [0.2, 0.25) is 0 Å². The molecule has 2 aromatic carbocycles. The van der Waals surface area contributed by atoms with Gasteiger partial charge in [-0.05, 0) is 32.0 Å². The molecule has 0 unspecified atom stereocenters. The van der Waals surface area contributed by atoms with Gasteiger partial charge in [-0.1, -0.05) is 36.4 Å². The fourth-order valence-electron chi connectivity index (χ4n) is 2.64. The summed E-state index contributed by atoms with van der Waals surface area (Å²) in [5.41, 5.74) is 0.333. The van der Waals surface area contributed by atoms with Crippen LogP contribution in [-0.4, -0.2) is 27.8 Å². The number of amides is 1. The first-order chi connectivity index (χ1) is 13.0. The van der Waals surface area contributed by atoms with E-state index in [4.69, 9.17) is 4.74 Å². The fraction of sp³-hybridized carbons (Fsp3) is 0.200. The van der Waals surface area contributed by atoms with Crippen molar-refractivity contribution in [2.24, 2.45) is 0 Å². The van der Waals surface area contributed by atoms with E-state index in [0.29, 0.717) is 23.0 Å². The van der Waals surface area contributed by atoms with Crippen molar-refractivity contribution in [3.63, 3.8) is 0 Å². The zero-order valence-corrected chi connectivity index (χ0v) is 15.0. The van der Waals surface area contributed by atoms with Crippen LogP contribution >= 0.6 is 0 Å². The van der Waals surface area contributed by atoms with Gasteiger partial charge in [0.1, 0.15) is 0 Å². The van der Waals surface area contributed by atoms with Crippen molar-refractivity contribution in [3.05, 3.63) is 70.6 Å². The molecule has 3 rings (SSSR count). The molecule has 0 aliphatic carbocycles. The lowest BCUT2D eigenvalue weighted by Crippen LogP contribution is -2.31. The summed E-state index contributed by atoms with van der Waals surface area (Å²) >= 11 is 0. The summed E-state index contributed by atoms with van der Waals surface area (Å²) in [6, 6.07) is 15.6. The number of esters is 1. The van der Waals surface area contributed by atoms with E-state index in [0.717, 1.165) is 0 Å². The molecule has 1 heterocycles. The maximum atomic E-state index is 12.6. The Morgan fingerprint density at radius 3 is 2.37 bits per heavy atom. The number of nitrogens with one attached hydrogen (secondary N) is 1. The minimum absolute atomic E-state index is 0.00594. The van der Waals surface area contributed by atoms with E-state index in [1.807, 2.05) is 6.07 Å².